The van der Waals surface area contributed by atoms with E-state index in [4.69, 9.17) is 5.73 Å². The van der Waals surface area contributed by atoms with Crippen molar-refractivity contribution in [2.45, 2.75) is 25.2 Å². The Bertz CT molecular complexity index is 393. The van der Waals surface area contributed by atoms with Crippen LogP contribution in [0.2, 0.25) is 0 Å². The molecule has 0 unspecified atom stereocenters. The highest BCUT2D eigenvalue weighted by Crippen LogP contribution is 2.36. The first kappa shape index (κ1) is 10.7. The number of amides is 2. The fourth-order valence-corrected chi connectivity index (χ4v) is 1.77. The standard InChI is InChI=1S/C12H15N3O/c13-12(16)15-14-8-9-4-6-11(7-5-9)10-2-1-3-10/h4-8,10H,1-3H2,(H3,13,15,16). The van der Waals surface area contributed by atoms with E-state index < -0.39 is 6.03 Å². The van der Waals surface area contributed by atoms with E-state index in [0.29, 0.717) is 0 Å². The van der Waals surface area contributed by atoms with Crippen molar-refractivity contribution in [3.63, 3.8) is 0 Å². The maximum atomic E-state index is 10.4. The molecule has 4 heteroatoms. The smallest absolute Gasteiger partial charge is 0.332 e. The number of hydrogen-bond acceptors (Lipinski definition) is 2. The minimum atomic E-state index is -0.651. The lowest BCUT2D eigenvalue weighted by Crippen LogP contribution is -2.24. The van der Waals surface area contributed by atoms with Crippen LogP contribution in [-0.2, 0) is 0 Å². The van der Waals surface area contributed by atoms with Crippen LogP contribution in [0.3, 0.4) is 0 Å². The highest BCUT2D eigenvalue weighted by atomic mass is 16.2. The van der Waals surface area contributed by atoms with Crippen molar-refractivity contribution in [1.29, 1.82) is 0 Å². The van der Waals surface area contributed by atoms with Crippen molar-refractivity contribution < 1.29 is 4.79 Å². The Morgan fingerprint density at radius 3 is 2.56 bits per heavy atom. The molecule has 16 heavy (non-hydrogen) atoms. The number of urea groups is 1. The molecule has 1 saturated carbocycles. The van der Waals surface area contributed by atoms with Crippen molar-refractivity contribution in [2.75, 3.05) is 0 Å². The van der Waals surface area contributed by atoms with E-state index in [-0.39, 0.29) is 0 Å². The summed E-state index contributed by atoms with van der Waals surface area (Å²) in [4.78, 5) is 10.4. The minimum Gasteiger partial charge on any atom is -0.350 e. The van der Waals surface area contributed by atoms with Crippen LogP contribution in [0.4, 0.5) is 4.79 Å². The van der Waals surface area contributed by atoms with Crippen LogP contribution < -0.4 is 11.2 Å². The summed E-state index contributed by atoms with van der Waals surface area (Å²) >= 11 is 0. The predicted molar refractivity (Wildman–Crippen MR) is 63.3 cm³/mol. The molecule has 84 valence electrons. The molecular weight excluding hydrogens is 202 g/mol. The minimum absolute atomic E-state index is 0.651. The number of carbonyl (C=O) groups is 1. The molecule has 0 heterocycles. The number of hydrazone groups is 1. The van der Waals surface area contributed by atoms with Crippen LogP contribution in [0.1, 0.15) is 36.3 Å². The summed E-state index contributed by atoms with van der Waals surface area (Å²) in [5.74, 6) is 0.745. The largest absolute Gasteiger partial charge is 0.350 e. The van der Waals surface area contributed by atoms with Crippen molar-refractivity contribution in [3.8, 4) is 0 Å². The molecule has 1 aliphatic rings. The summed E-state index contributed by atoms with van der Waals surface area (Å²) in [6.07, 6.45) is 5.53. The van der Waals surface area contributed by atoms with Gasteiger partial charge in [-0.1, -0.05) is 30.7 Å². The number of rotatable bonds is 3. The second-order valence-electron chi connectivity index (χ2n) is 4.03. The number of benzene rings is 1. The molecule has 1 aliphatic carbocycles. The lowest BCUT2D eigenvalue weighted by atomic mass is 9.80. The third-order valence-electron chi connectivity index (χ3n) is 2.90. The Morgan fingerprint density at radius 2 is 2.06 bits per heavy atom. The van der Waals surface area contributed by atoms with Gasteiger partial charge < -0.3 is 5.73 Å². The number of nitrogens with zero attached hydrogens (tertiary/aromatic N) is 1. The molecule has 0 atom stereocenters. The maximum Gasteiger partial charge on any atom is 0.332 e. The van der Waals surface area contributed by atoms with Crippen molar-refractivity contribution in [3.05, 3.63) is 35.4 Å². The maximum absolute atomic E-state index is 10.4. The molecule has 0 saturated heterocycles. The van der Waals surface area contributed by atoms with Crippen molar-refractivity contribution >= 4 is 12.2 Å². The van der Waals surface area contributed by atoms with Crippen LogP contribution in [-0.4, -0.2) is 12.2 Å². The Morgan fingerprint density at radius 1 is 1.38 bits per heavy atom. The molecular formula is C12H15N3O. The lowest BCUT2D eigenvalue weighted by molar-refractivity contribution is 0.249. The van der Waals surface area contributed by atoms with E-state index in [1.165, 1.54) is 24.8 Å². The summed E-state index contributed by atoms with van der Waals surface area (Å²) in [5, 5.41) is 3.70. The van der Waals surface area contributed by atoms with Crippen LogP contribution in [0.5, 0.6) is 0 Å². The summed E-state index contributed by atoms with van der Waals surface area (Å²) in [7, 11) is 0. The normalized spacial score (nSPS) is 16.0. The summed E-state index contributed by atoms with van der Waals surface area (Å²) in [5.41, 5.74) is 9.39. The average Bonchev–Trinajstić information content (AvgIpc) is 2.17. The summed E-state index contributed by atoms with van der Waals surface area (Å²) in [6.45, 7) is 0. The van der Waals surface area contributed by atoms with Crippen molar-refractivity contribution in [2.24, 2.45) is 10.8 Å². The van der Waals surface area contributed by atoms with Crippen LogP contribution >= 0.6 is 0 Å². The molecule has 0 aromatic heterocycles. The van der Waals surface area contributed by atoms with Gasteiger partial charge in [-0.3, -0.25) is 0 Å². The molecule has 0 aliphatic heterocycles. The SMILES string of the molecule is NC(=O)NN=Cc1ccc(C2CCC2)cc1. The lowest BCUT2D eigenvalue weighted by Gasteiger charge is -2.25. The zero-order chi connectivity index (χ0) is 11.4. The molecule has 3 N–H and O–H groups in total. The second-order valence-corrected chi connectivity index (χ2v) is 4.03. The van der Waals surface area contributed by atoms with E-state index in [1.807, 2.05) is 12.1 Å². The van der Waals surface area contributed by atoms with Crippen LogP contribution in [0.25, 0.3) is 0 Å². The fraction of sp³-hybridized carbons (Fsp3) is 0.333. The molecule has 2 rings (SSSR count). The van der Waals surface area contributed by atoms with E-state index >= 15 is 0 Å². The van der Waals surface area contributed by atoms with Gasteiger partial charge in [-0.15, -0.1) is 0 Å². The van der Waals surface area contributed by atoms with Gasteiger partial charge in [0.05, 0.1) is 6.21 Å². The zero-order valence-corrected chi connectivity index (χ0v) is 9.02. The zero-order valence-electron chi connectivity index (χ0n) is 9.02. The van der Waals surface area contributed by atoms with Gasteiger partial charge in [0.15, 0.2) is 0 Å². The van der Waals surface area contributed by atoms with Crippen LogP contribution in [0.15, 0.2) is 29.4 Å². The van der Waals surface area contributed by atoms with Gasteiger partial charge in [0.25, 0.3) is 0 Å². The quantitative estimate of drug-likeness (QED) is 0.589. The Hall–Kier alpha value is -1.84. The van der Waals surface area contributed by atoms with E-state index in [2.05, 4.69) is 22.7 Å². The monoisotopic (exact) mass is 217 g/mol. The Balaban J connectivity index is 1.96. The molecule has 4 nitrogen and oxygen atoms in total. The number of nitrogens with two attached hydrogens (primary N) is 1. The third-order valence-corrected chi connectivity index (χ3v) is 2.90. The van der Waals surface area contributed by atoms with E-state index in [0.717, 1.165) is 11.5 Å². The Labute approximate surface area is 94.5 Å². The number of primary amides is 1. The molecule has 0 spiro atoms. The van der Waals surface area contributed by atoms with Gasteiger partial charge in [0.2, 0.25) is 0 Å². The molecule has 0 bridgehead atoms. The topological polar surface area (TPSA) is 67.5 Å². The third kappa shape index (κ3) is 2.59. The second kappa shape index (κ2) is 4.79. The fourth-order valence-electron chi connectivity index (χ4n) is 1.77. The number of nitrogens with one attached hydrogen (secondary N) is 1. The molecule has 0 radical (unpaired) electrons. The first-order valence-electron chi connectivity index (χ1n) is 5.44. The first-order valence-corrected chi connectivity index (χ1v) is 5.44. The van der Waals surface area contributed by atoms with Gasteiger partial charge in [-0.2, -0.15) is 5.10 Å². The Kier molecular flexibility index (Phi) is 3.19. The van der Waals surface area contributed by atoms with Crippen LogP contribution in [0, 0.1) is 0 Å². The number of carbonyl (C=O) groups excluding carboxylic acids is 1. The van der Waals surface area contributed by atoms with Gasteiger partial charge >= 0.3 is 6.03 Å². The number of hydrogen-bond donors (Lipinski definition) is 2. The molecule has 1 fully saturated rings. The van der Waals surface area contributed by atoms with Gasteiger partial charge in [-0.05, 0) is 29.9 Å². The first-order chi connectivity index (χ1) is 7.75. The molecule has 1 aromatic rings. The predicted octanol–water partition coefficient (Wildman–Crippen LogP) is 1.96. The summed E-state index contributed by atoms with van der Waals surface area (Å²) < 4.78 is 0. The van der Waals surface area contributed by atoms with Gasteiger partial charge in [0.1, 0.15) is 0 Å². The van der Waals surface area contributed by atoms with Gasteiger partial charge in [0, 0.05) is 0 Å². The summed E-state index contributed by atoms with van der Waals surface area (Å²) in [6, 6.07) is 7.59. The average molecular weight is 217 g/mol. The van der Waals surface area contributed by atoms with Crippen molar-refractivity contribution in [1.82, 2.24) is 5.43 Å². The van der Waals surface area contributed by atoms with E-state index in [9.17, 15) is 4.79 Å². The molecule has 1 aromatic carbocycles. The molecule has 2 amide bonds. The highest BCUT2D eigenvalue weighted by molar-refractivity contribution is 5.81. The van der Waals surface area contributed by atoms with Gasteiger partial charge in [-0.25, -0.2) is 10.2 Å². The highest BCUT2D eigenvalue weighted by Gasteiger charge is 2.18. The van der Waals surface area contributed by atoms with E-state index in [1.54, 1.807) is 6.21 Å².